The highest BCUT2D eigenvalue weighted by molar-refractivity contribution is 5.33. The maximum atomic E-state index is 3.51. The zero-order valence-corrected chi connectivity index (χ0v) is 8.17. The highest BCUT2D eigenvalue weighted by Gasteiger charge is 2.27. The predicted molar refractivity (Wildman–Crippen MR) is 55.6 cm³/mol. The molecule has 1 atom stereocenters. The van der Waals surface area contributed by atoms with E-state index < -0.39 is 0 Å². The summed E-state index contributed by atoms with van der Waals surface area (Å²) in [6.45, 7) is 5.39. The molecule has 1 nitrogen and oxygen atoms in total. The molecule has 1 heterocycles. The summed E-state index contributed by atoms with van der Waals surface area (Å²) >= 11 is 0. The van der Waals surface area contributed by atoms with Crippen LogP contribution in [0.5, 0.6) is 0 Å². The summed E-state index contributed by atoms with van der Waals surface area (Å²) in [6, 6.07) is 10.6. The third-order valence-corrected chi connectivity index (χ3v) is 2.64. The van der Waals surface area contributed by atoms with Crippen molar-refractivity contribution in [3.63, 3.8) is 0 Å². The van der Waals surface area contributed by atoms with E-state index in [0.29, 0.717) is 0 Å². The van der Waals surface area contributed by atoms with Gasteiger partial charge in [-0.2, -0.15) is 0 Å². The first kappa shape index (κ1) is 8.52. The second-order valence-corrected chi connectivity index (χ2v) is 3.91. The van der Waals surface area contributed by atoms with Gasteiger partial charge < -0.3 is 5.32 Å². The molecule has 2 rings (SSSR count). The van der Waals surface area contributed by atoms with E-state index in [4.69, 9.17) is 0 Å². The van der Waals surface area contributed by atoms with Gasteiger partial charge in [-0.25, -0.2) is 0 Å². The smallest absolute Gasteiger partial charge is 0.0597 e. The third kappa shape index (κ3) is 1.52. The minimum atomic E-state index is 0.0470. The molecule has 0 radical (unpaired) electrons. The Kier molecular flexibility index (Phi) is 1.97. The van der Waals surface area contributed by atoms with Crippen LogP contribution in [0.15, 0.2) is 42.0 Å². The minimum Gasteiger partial charge on any atom is -0.301 e. The first-order valence-corrected chi connectivity index (χ1v) is 4.70. The molecule has 68 valence electrons. The second kappa shape index (κ2) is 3.00. The van der Waals surface area contributed by atoms with Crippen LogP contribution in [0.3, 0.4) is 0 Å². The van der Waals surface area contributed by atoms with Crippen molar-refractivity contribution in [3.8, 4) is 0 Å². The molecule has 1 heteroatoms. The monoisotopic (exact) mass is 173 g/mol. The first-order valence-electron chi connectivity index (χ1n) is 4.70. The Morgan fingerprint density at radius 1 is 1.23 bits per heavy atom. The van der Waals surface area contributed by atoms with Crippen molar-refractivity contribution in [3.05, 3.63) is 47.5 Å². The molecule has 0 fully saturated rings. The number of hydrogen-bond donors (Lipinski definition) is 1. The average Bonchev–Trinajstić information content (AvgIpc) is 2.49. The van der Waals surface area contributed by atoms with E-state index in [1.165, 1.54) is 11.1 Å². The van der Waals surface area contributed by atoms with Crippen molar-refractivity contribution in [1.29, 1.82) is 0 Å². The molecule has 0 aromatic heterocycles. The van der Waals surface area contributed by atoms with Gasteiger partial charge in [0.1, 0.15) is 0 Å². The van der Waals surface area contributed by atoms with E-state index in [1.807, 2.05) is 0 Å². The largest absolute Gasteiger partial charge is 0.301 e. The van der Waals surface area contributed by atoms with E-state index in [9.17, 15) is 0 Å². The lowest BCUT2D eigenvalue weighted by molar-refractivity contribution is 0.510. The predicted octanol–water partition coefficient (Wildman–Crippen LogP) is 2.45. The molecule has 1 N–H and O–H groups in total. The van der Waals surface area contributed by atoms with E-state index in [-0.39, 0.29) is 5.54 Å². The Balaban J connectivity index is 2.37. The van der Waals surface area contributed by atoms with Gasteiger partial charge in [0.2, 0.25) is 0 Å². The van der Waals surface area contributed by atoms with Crippen molar-refractivity contribution in [2.24, 2.45) is 0 Å². The summed E-state index contributed by atoms with van der Waals surface area (Å²) in [6.07, 6.45) is 2.31. The van der Waals surface area contributed by atoms with Crippen LogP contribution < -0.4 is 5.32 Å². The molecule has 1 aliphatic heterocycles. The second-order valence-electron chi connectivity index (χ2n) is 3.91. The topological polar surface area (TPSA) is 12.0 Å². The van der Waals surface area contributed by atoms with Gasteiger partial charge in [0, 0.05) is 6.54 Å². The molecule has 0 unspecified atom stereocenters. The molecule has 1 aromatic carbocycles. The van der Waals surface area contributed by atoms with Gasteiger partial charge in [-0.05, 0) is 19.4 Å². The van der Waals surface area contributed by atoms with Gasteiger partial charge in [0.15, 0.2) is 0 Å². The SMILES string of the molecule is CC1=C[C@@](C)(c2ccccc2)NC1. The molecular weight excluding hydrogens is 158 g/mol. The molecule has 0 spiro atoms. The number of rotatable bonds is 1. The standard InChI is InChI=1S/C12H15N/c1-10-8-12(2,13-9-10)11-6-4-3-5-7-11/h3-8,13H,9H2,1-2H3/t12-/m0/s1. The molecule has 0 bridgehead atoms. The van der Waals surface area contributed by atoms with E-state index in [2.05, 4.69) is 55.6 Å². The van der Waals surface area contributed by atoms with Crippen molar-refractivity contribution in [2.75, 3.05) is 6.54 Å². The van der Waals surface area contributed by atoms with Crippen LogP contribution in [-0.4, -0.2) is 6.54 Å². The fraction of sp³-hybridized carbons (Fsp3) is 0.333. The molecule has 0 aliphatic carbocycles. The Bertz CT molecular complexity index is 326. The van der Waals surface area contributed by atoms with Gasteiger partial charge in [0.05, 0.1) is 5.54 Å². The summed E-state index contributed by atoms with van der Waals surface area (Å²) in [4.78, 5) is 0. The molecule has 1 aromatic rings. The van der Waals surface area contributed by atoms with Gasteiger partial charge >= 0.3 is 0 Å². The lowest BCUT2D eigenvalue weighted by Crippen LogP contribution is -2.33. The van der Waals surface area contributed by atoms with Crippen LogP contribution in [0.4, 0.5) is 0 Å². The Labute approximate surface area is 79.5 Å². The van der Waals surface area contributed by atoms with E-state index in [1.54, 1.807) is 0 Å². The lowest BCUT2D eigenvalue weighted by Gasteiger charge is -2.23. The molecule has 0 amide bonds. The van der Waals surface area contributed by atoms with Crippen molar-refractivity contribution < 1.29 is 0 Å². The molecule has 0 saturated heterocycles. The minimum absolute atomic E-state index is 0.0470. The average molecular weight is 173 g/mol. The van der Waals surface area contributed by atoms with Crippen LogP contribution in [0, 0.1) is 0 Å². The maximum absolute atomic E-state index is 3.51. The van der Waals surface area contributed by atoms with Crippen molar-refractivity contribution in [1.82, 2.24) is 5.32 Å². The van der Waals surface area contributed by atoms with E-state index >= 15 is 0 Å². The van der Waals surface area contributed by atoms with Gasteiger partial charge in [0.25, 0.3) is 0 Å². The van der Waals surface area contributed by atoms with E-state index in [0.717, 1.165) is 6.54 Å². The summed E-state index contributed by atoms with van der Waals surface area (Å²) in [7, 11) is 0. The summed E-state index contributed by atoms with van der Waals surface area (Å²) in [5, 5.41) is 3.51. The van der Waals surface area contributed by atoms with Gasteiger partial charge in [-0.1, -0.05) is 42.0 Å². The zero-order chi connectivity index (χ0) is 9.31. The lowest BCUT2D eigenvalue weighted by atomic mass is 9.93. The Morgan fingerprint density at radius 3 is 2.46 bits per heavy atom. The molecule has 13 heavy (non-hydrogen) atoms. The fourth-order valence-corrected chi connectivity index (χ4v) is 1.89. The third-order valence-electron chi connectivity index (χ3n) is 2.64. The summed E-state index contributed by atoms with van der Waals surface area (Å²) < 4.78 is 0. The van der Waals surface area contributed by atoms with Crippen LogP contribution in [0.1, 0.15) is 19.4 Å². The molecular formula is C12H15N. The number of hydrogen-bond acceptors (Lipinski definition) is 1. The fourth-order valence-electron chi connectivity index (χ4n) is 1.89. The molecule has 0 saturated carbocycles. The van der Waals surface area contributed by atoms with Gasteiger partial charge in [-0.3, -0.25) is 0 Å². The Morgan fingerprint density at radius 2 is 1.92 bits per heavy atom. The van der Waals surface area contributed by atoms with Gasteiger partial charge in [-0.15, -0.1) is 0 Å². The summed E-state index contributed by atoms with van der Waals surface area (Å²) in [5.41, 5.74) is 2.81. The first-order chi connectivity index (χ1) is 6.21. The van der Waals surface area contributed by atoms with Crippen LogP contribution in [0.25, 0.3) is 0 Å². The number of nitrogens with one attached hydrogen (secondary N) is 1. The van der Waals surface area contributed by atoms with Crippen LogP contribution in [0.2, 0.25) is 0 Å². The number of benzene rings is 1. The normalized spacial score (nSPS) is 27.4. The van der Waals surface area contributed by atoms with Crippen LogP contribution >= 0.6 is 0 Å². The highest BCUT2D eigenvalue weighted by Crippen LogP contribution is 2.27. The maximum Gasteiger partial charge on any atom is 0.0597 e. The Hall–Kier alpha value is -1.08. The highest BCUT2D eigenvalue weighted by atomic mass is 15.0. The van der Waals surface area contributed by atoms with Crippen molar-refractivity contribution >= 4 is 0 Å². The summed E-state index contributed by atoms with van der Waals surface area (Å²) in [5.74, 6) is 0. The van der Waals surface area contributed by atoms with Crippen molar-refractivity contribution in [2.45, 2.75) is 19.4 Å². The zero-order valence-electron chi connectivity index (χ0n) is 8.17. The quantitative estimate of drug-likeness (QED) is 0.643. The van der Waals surface area contributed by atoms with Crippen LogP contribution in [-0.2, 0) is 5.54 Å². The molecule has 1 aliphatic rings.